The van der Waals surface area contributed by atoms with Crippen molar-refractivity contribution >= 4 is 5.91 Å². The predicted octanol–water partition coefficient (Wildman–Crippen LogP) is 2.64. The van der Waals surface area contributed by atoms with Gasteiger partial charge in [0, 0.05) is 12.1 Å². The first kappa shape index (κ1) is 15.7. The van der Waals surface area contributed by atoms with Gasteiger partial charge in [-0.05, 0) is 30.3 Å². The molecule has 0 unspecified atom stereocenters. The van der Waals surface area contributed by atoms with E-state index in [0.29, 0.717) is 29.4 Å². The lowest BCUT2D eigenvalue weighted by atomic mass is 10.1. The van der Waals surface area contributed by atoms with Crippen molar-refractivity contribution in [2.45, 2.75) is 6.54 Å². The third kappa shape index (κ3) is 3.49. The SMILES string of the molecule is COc1ccc(OC)c(CNC(=O)c2ccccc2OC)c1. The first-order chi connectivity index (χ1) is 10.7. The van der Waals surface area contributed by atoms with Gasteiger partial charge in [-0.25, -0.2) is 0 Å². The molecule has 0 heterocycles. The number of amides is 1. The number of methoxy groups -OCH3 is 3. The van der Waals surface area contributed by atoms with Gasteiger partial charge in [0.2, 0.25) is 0 Å². The number of hydrogen-bond acceptors (Lipinski definition) is 4. The average Bonchev–Trinajstić information content (AvgIpc) is 2.59. The number of nitrogens with one attached hydrogen (secondary N) is 1. The van der Waals surface area contributed by atoms with Crippen LogP contribution in [0.3, 0.4) is 0 Å². The molecule has 0 aliphatic heterocycles. The van der Waals surface area contributed by atoms with Gasteiger partial charge in [0.1, 0.15) is 17.2 Å². The van der Waals surface area contributed by atoms with Crippen LogP contribution in [-0.2, 0) is 6.54 Å². The van der Waals surface area contributed by atoms with Crippen LogP contribution in [0.4, 0.5) is 0 Å². The molecule has 0 atom stereocenters. The highest BCUT2D eigenvalue weighted by atomic mass is 16.5. The first-order valence-electron chi connectivity index (χ1n) is 6.81. The maximum absolute atomic E-state index is 12.3. The molecule has 0 aliphatic carbocycles. The summed E-state index contributed by atoms with van der Waals surface area (Å²) in [5.74, 6) is 1.74. The van der Waals surface area contributed by atoms with Crippen molar-refractivity contribution in [3.63, 3.8) is 0 Å². The number of ether oxygens (including phenoxy) is 3. The fourth-order valence-electron chi connectivity index (χ4n) is 2.12. The first-order valence-corrected chi connectivity index (χ1v) is 6.81. The molecule has 0 aromatic heterocycles. The number of carbonyl (C=O) groups is 1. The Morgan fingerprint density at radius 3 is 2.36 bits per heavy atom. The van der Waals surface area contributed by atoms with E-state index in [2.05, 4.69) is 5.32 Å². The van der Waals surface area contributed by atoms with E-state index >= 15 is 0 Å². The number of benzene rings is 2. The molecule has 5 nitrogen and oxygen atoms in total. The van der Waals surface area contributed by atoms with Crippen LogP contribution < -0.4 is 19.5 Å². The van der Waals surface area contributed by atoms with Gasteiger partial charge in [-0.15, -0.1) is 0 Å². The Hall–Kier alpha value is -2.69. The number of para-hydroxylation sites is 1. The van der Waals surface area contributed by atoms with E-state index in [0.717, 1.165) is 5.56 Å². The van der Waals surface area contributed by atoms with Crippen molar-refractivity contribution in [2.24, 2.45) is 0 Å². The molecular formula is C17H19NO4. The van der Waals surface area contributed by atoms with Gasteiger partial charge in [0.15, 0.2) is 0 Å². The van der Waals surface area contributed by atoms with Gasteiger partial charge in [-0.1, -0.05) is 12.1 Å². The zero-order valence-corrected chi connectivity index (χ0v) is 12.9. The van der Waals surface area contributed by atoms with E-state index in [4.69, 9.17) is 14.2 Å². The maximum Gasteiger partial charge on any atom is 0.255 e. The third-order valence-corrected chi connectivity index (χ3v) is 3.28. The molecule has 0 saturated heterocycles. The number of rotatable bonds is 6. The molecule has 5 heteroatoms. The van der Waals surface area contributed by atoms with Gasteiger partial charge < -0.3 is 19.5 Å². The molecule has 1 N–H and O–H groups in total. The van der Waals surface area contributed by atoms with Gasteiger partial charge in [-0.3, -0.25) is 4.79 Å². The largest absolute Gasteiger partial charge is 0.497 e. The smallest absolute Gasteiger partial charge is 0.255 e. The van der Waals surface area contributed by atoms with Gasteiger partial charge in [0.05, 0.1) is 26.9 Å². The predicted molar refractivity (Wildman–Crippen MR) is 83.7 cm³/mol. The minimum atomic E-state index is -0.206. The highest BCUT2D eigenvalue weighted by Crippen LogP contribution is 2.24. The fourth-order valence-corrected chi connectivity index (χ4v) is 2.12. The second kappa shape index (κ2) is 7.36. The summed E-state index contributed by atoms with van der Waals surface area (Å²) in [7, 11) is 4.73. The summed E-state index contributed by atoms with van der Waals surface area (Å²) in [5, 5.41) is 2.86. The van der Waals surface area contributed by atoms with Crippen molar-refractivity contribution < 1.29 is 19.0 Å². The van der Waals surface area contributed by atoms with Gasteiger partial charge >= 0.3 is 0 Å². The zero-order valence-electron chi connectivity index (χ0n) is 12.9. The summed E-state index contributed by atoms with van der Waals surface area (Å²) < 4.78 is 15.7. The number of carbonyl (C=O) groups excluding carboxylic acids is 1. The Labute approximate surface area is 129 Å². The monoisotopic (exact) mass is 301 g/mol. The molecule has 2 aromatic carbocycles. The minimum Gasteiger partial charge on any atom is -0.497 e. The number of hydrogen-bond donors (Lipinski definition) is 1. The van der Waals surface area contributed by atoms with Crippen molar-refractivity contribution in [3.05, 3.63) is 53.6 Å². The molecule has 116 valence electrons. The third-order valence-electron chi connectivity index (χ3n) is 3.28. The van der Waals surface area contributed by atoms with E-state index in [1.54, 1.807) is 32.4 Å². The van der Waals surface area contributed by atoms with Crippen LogP contribution in [0.2, 0.25) is 0 Å². The molecular weight excluding hydrogens is 282 g/mol. The van der Waals surface area contributed by atoms with E-state index in [-0.39, 0.29) is 5.91 Å². The highest BCUT2D eigenvalue weighted by Gasteiger charge is 2.12. The molecule has 0 saturated carbocycles. The summed E-state index contributed by atoms with van der Waals surface area (Å²) in [5.41, 5.74) is 1.33. The molecule has 0 bridgehead atoms. The second-order valence-corrected chi connectivity index (χ2v) is 4.56. The normalized spacial score (nSPS) is 9.95. The Kier molecular flexibility index (Phi) is 5.25. The van der Waals surface area contributed by atoms with Crippen molar-refractivity contribution in [1.29, 1.82) is 0 Å². The minimum absolute atomic E-state index is 0.206. The molecule has 0 radical (unpaired) electrons. The maximum atomic E-state index is 12.3. The Bertz CT molecular complexity index is 655. The van der Waals surface area contributed by atoms with Crippen LogP contribution in [0.15, 0.2) is 42.5 Å². The standard InChI is InChI=1S/C17H19NO4/c1-20-13-8-9-15(21-2)12(10-13)11-18-17(19)14-6-4-5-7-16(14)22-3/h4-10H,11H2,1-3H3,(H,18,19). The molecule has 2 rings (SSSR count). The average molecular weight is 301 g/mol. The van der Waals surface area contributed by atoms with Crippen LogP contribution in [0.25, 0.3) is 0 Å². The topological polar surface area (TPSA) is 56.8 Å². The zero-order chi connectivity index (χ0) is 15.9. The summed E-state index contributed by atoms with van der Waals surface area (Å²) in [4.78, 5) is 12.3. The molecule has 22 heavy (non-hydrogen) atoms. The van der Waals surface area contributed by atoms with Crippen LogP contribution >= 0.6 is 0 Å². The Morgan fingerprint density at radius 2 is 1.68 bits per heavy atom. The molecule has 2 aromatic rings. The fraction of sp³-hybridized carbons (Fsp3) is 0.235. The quantitative estimate of drug-likeness (QED) is 0.891. The van der Waals surface area contributed by atoms with E-state index in [1.807, 2.05) is 24.3 Å². The Balaban J connectivity index is 2.14. The molecule has 0 aliphatic rings. The lowest BCUT2D eigenvalue weighted by molar-refractivity contribution is 0.0947. The summed E-state index contributed by atoms with van der Waals surface area (Å²) in [6.45, 7) is 0.331. The van der Waals surface area contributed by atoms with Crippen LogP contribution in [-0.4, -0.2) is 27.2 Å². The molecule has 1 amide bonds. The lowest BCUT2D eigenvalue weighted by Gasteiger charge is -2.12. The second-order valence-electron chi connectivity index (χ2n) is 4.56. The Morgan fingerprint density at radius 1 is 0.955 bits per heavy atom. The van der Waals surface area contributed by atoms with Gasteiger partial charge in [-0.2, -0.15) is 0 Å². The van der Waals surface area contributed by atoms with Crippen molar-refractivity contribution in [3.8, 4) is 17.2 Å². The van der Waals surface area contributed by atoms with E-state index in [1.165, 1.54) is 7.11 Å². The lowest BCUT2D eigenvalue weighted by Crippen LogP contribution is -2.23. The van der Waals surface area contributed by atoms with Crippen LogP contribution in [0.1, 0.15) is 15.9 Å². The van der Waals surface area contributed by atoms with Crippen LogP contribution in [0, 0.1) is 0 Å². The van der Waals surface area contributed by atoms with Crippen LogP contribution in [0.5, 0.6) is 17.2 Å². The van der Waals surface area contributed by atoms with E-state index < -0.39 is 0 Å². The summed E-state index contributed by atoms with van der Waals surface area (Å²) in [6, 6.07) is 12.5. The molecule has 0 spiro atoms. The molecule has 0 fully saturated rings. The van der Waals surface area contributed by atoms with E-state index in [9.17, 15) is 4.79 Å². The highest BCUT2D eigenvalue weighted by molar-refractivity contribution is 5.96. The summed E-state index contributed by atoms with van der Waals surface area (Å²) in [6.07, 6.45) is 0. The summed E-state index contributed by atoms with van der Waals surface area (Å²) >= 11 is 0. The van der Waals surface area contributed by atoms with Crippen molar-refractivity contribution in [1.82, 2.24) is 5.32 Å². The van der Waals surface area contributed by atoms with Gasteiger partial charge in [0.25, 0.3) is 5.91 Å². The van der Waals surface area contributed by atoms with Crippen molar-refractivity contribution in [2.75, 3.05) is 21.3 Å².